The quantitative estimate of drug-likeness (QED) is 0.180. The predicted molar refractivity (Wildman–Crippen MR) is 143 cm³/mol. The van der Waals surface area contributed by atoms with Crippen molar-refractivity contribution >= 4 is 17.7 Å². The fourth-order valence-electron chi connectivity index (χ4n) is 5.21. The first kappa shape index (κ1) is 30.2. The summed E-state index contributed by atoms with van der Waals surface area (Å²) in [4.78, 5) is 35.1. The Bertz CT molecular complexity index is 939. The number of nitrogens with one attached hydrogen (secondary N) is 1. The van der Waals surface area contributed by atoms with Crippen molar-refractivity contribution in [2.24, 2.45) is 11.7 Å². The zero-order valence-electron chi connectivity index (χ0n) is 23.3. The van der Waals surface area contributed by atoms with Crippen LogP contribution in [0.15, 0.2) is 36.0 Å². The third-order valence-electron chi connectivity index (χ3n) is 7.44. The normalized spacial score (nSPS) is 34.4. The second-order valence-corrected chi connectivity index (χ2v) is 11.0. The van der Waals surface area contributed by atoms with Crippen LogP contribution in [-0.2, 0) is 33.3 Å². The number of Topliss-reactive ketones (excluding diaryl/α,β-unsaturated/α-hetero) is 1. The molecular weight excluding hydrogens is 488 g/mol. The number of ether oxygens (including phenoxy) is 4. The molecule has 0 bridgehead atoms. The number of allylic oxidation sites excluding steroid dienone is 2. The van der Waals surface area contributed by atoms with Crippen molar-refractivity contribution in [1.29, 1.82) is 0 Å². The molecule has 9 heteroatoms. The van der Waals surface area contributed by atoms with Crippen LogP contribution in [0.3, 0.4) is 0 Å². The van der Waals surface area contributed by atoms with Crippen molar-refractivity contribution in [1.82, 2.24) is 5.32 Å². The molecule has 0 aromatic heterocycles. The second-order valence-electron chi connectivity index (χ2n) is 11.0. The number of carbonyl (C=O) groups excluding carboxylic acids is 3. The third-order valence-corrected chi connectivity index (χ3v) is 7.44. The number of amides is 1. The minimum atomic E-state index is -0.458. The van der Waals surface area contributed by atoms with Crippen LogP contribution in [0.4, 0.5) is 0 Å². The van der Waals surface area contributed by atoms with Gasteiger partial charge in [-0.1, -0.05) is 30.7 Å². The number of carbonyl (C=O) groups is 3. The van der Waals surface area contributed by atoms with Crippen molar-refractivity contribution in [3.05, 3.63) is 36.0 Å². The van der Waals surface area contributed by atoms with E-state index in [1.54, 1.807) is 13.0 Å². The molecule has 3 N–H and O–H groups in total. The number of nitrogens with two attached hydrogens (primary N) is 1. The molecule has 38 heavy (non-hydrogen) atoms. The number of esters is 1. The molecule has 0 aromatic carbocycles. The molecule has 212 valence electrons. The Balaban J connectivity index is 1.47. The molecule has 1 spiro atoms. The summed E-state index contributed by atoms with van der Waals surface area (Å²) in [6.45, 7) is 9.98. The molecule has 0 saturated carbocycles. The monoisotopic (exact) mass is 532 g/mol. The van der Waals surface area contributed by atoms with Crippen molar-refractivity contribution in [3.63, 3.8) is 0 Å². The smallest absolute Gasteiger partial charge is 0.303 e. The Hall–Kier alpha value is -2.33. The zero-order chi connectivity index (χ0) is 27.9. The van der Waals surface area contributed by atoms with Gasteiger partial charge >= 0.3 is 5.97 Å². The van der Waals surface area contributed by atoms with Gasteiger partial charge in [0, 0.05) is 32.3 Å². The van der Waals surface area contributed by atoms with Crippen LogP contribution in [0.2, 0.25) is 0 Å². The van der Waals surface area contributed by atoms with Crippen LogP contribution in [0.5, 0.6) is 0 Å². The van der Waals surface area contributed by atoms with E-state index >= 15 is 0 Å². The first-order chi connectivity index (χ1) is 18.0. The van der Waals surface area contributed by atoms with E-state index in [1.165, 1.54) is 13.0 Å². The van der Waals surface area contributed by atoms with E-state index in [2.05, 4.69) is 37.4 Å². The fraction of sp³-hybridized carbons (Fsp3) is 0.690. The van der Waals surface area contributed by atoms with Crippen LogP contribution >= 0.6 is 0 Å². The molecule has 1 amide bonds. The highest BCUT2D eigenvalue weighted by atomic mass is 16.6. The van der Waals surface area contributed by atoms with Crippen LogP contribution in [0.25, 0.3) is 0 Å². The molecule has 0 aliphatic carbocycles. The van der Waals surface area contributed by atoms with Gasteiger partial charge in [-0.05, 0) is 45.6 Å². The van der Waals surface area contributed by atoms with Crippen LogP contribution in [-0.4, -0.2) is 73.0 Å². The summed E-state index contributed by atoms with van der Waals surface area (Å²) < 4.78 is 23.1. The molecule has 3 aliphatic heterocycles. The van der Waals surface area contributed by atoms with Crippen LogP contribution < -0.4 is 11.1 Å². The van der Waals surface area contributed by atoms with Crippen molar-refractivity contribution in [3.8, 4) is 0 Å². The van der Waals surface area contributed by atoms with E-state index in [0.29, 0.717) is 6.42 Å². The Morgan fingerprint density at radius 3 is 2.55 bits per heavy atom. The highest BCUT2D eigenvalue weighted by molar-refractivity contribution is 5.87. The highest BCUT2D eigenvalue weighted by Gasteiger charge is 2.51. The Morgan fingerprint density at radius 1 is 1.16 bits per heavy atom. The number of hydrogen-bond donors (Lipinski definition) is 2. The maximum Gasteiger partial charge on any atom is 0.303 e. The molecule has 3 saturated heterocycles. The van der Waals surface area contributed by atoms with E-state index in [9.17, 15) is 14.4 Å². The van der Waals surface area contributed by atoms with Crippen molar-refractivity contribution in [2.45, 2.75) is 109 Å². The topological polar surface area (TPSA) is 129 Å². The van der Waals surface area contributed by atoms with Gasteiger partial charge in [0.1, 0.15) is 11.9 Å². The largest absolute Gasteiger partial charge is 0.459 e. The molecule has 9 nitrogen and oxygen atoms in total. The zero-order valence-corrected chi connectivity index (χ0v) is 23.3. The van der Waals surface area contributed by atoms with E-state index in [-0.39, 0.29) is 66.2 Å². The van der Waals surface area contributed by atoms with E-state index in [1.807, 2.05) is 6.92 Å². The summed E-state index contributed by atoms with van der Waals surface area (Å²) in [5, 5.41) is 3.01. The first-order valence-corrected chi connectivity index (χ1v) is 13.7. The van der Waals surface area contributed by atoms with Gasteiger partial charge in [0.25, 0.3) is 0 Å². The maximum absolute atomic E-state index is 12.3. The van der Waals surface area contributed by atoms with Crippen molar-refractivity contribution < 1.29 is 33.3 Å². The second kappa shape index (κ2) is 13.6. The Kier molecular flexibility index (Phi) is 10.8. The summed E-state index contributed by atoms with van der Waals surface area (Å²) in [6, 6.07) is -0.0908. The summed E-state index contributed by atoms with van der Waals surface area (Å²) in [7, 11) is 0. The standard InChI is InChI=1S/C29H44N2O7/c1-18(6-9-24-14-29(17-35-29)15-25(38-24)13-23(33)16-30)7-10-27-19(2)12-26(21(4)37-27)31-28(34)11-8-20(3)36-22(5)32/h6-9,11,19-21,24-27H,10,12-17,30H2,1-5H3,(H,31,34)/b9-6+,11-8-,18-7+/t19-,20-,21+,24+,25+,26+,27-,29+/m0/s1. The van der Waals surface area contributed by atoms with Crippen LogP contribution in [0.1, 0.15) is 66.7 Å². The molecule has 0 unspecified atom stereocenters. The molecule has 3 fully saturated rings. The lowest BCUT2D eigenvalue weighted by Gasteiger charge is -2.39. The Morgan fingerprint density at radius 2 is 1.89 bits per heavy atom. The summed E-state index contributed by atoms with van der Waals surface area (Å²) in [6.07, 6.45) is 12.0. The molecule has 0 radical (unpaired) electrons. The summed E-state index contributed by atoms with van der Waals surface area (Å²) in [5.74, 6) is -0.337. The lowest BCUT2D eigenvalue weighted by molar-refractivity contribution is -0.143. The van der Waals surface area contributed by atoms with Crippen LogP contribution in [0, 0.1) is 5.92 Å². The highest BCUT2D eigenvalue weighted by Crippen LogP contribution is 2.43. The number of rotatable bonds is 11. The maximum atomic E-state index is 12.3. The molecule has 3 heterocycles. The molecule has 8 atom stereocenters. The van der Waals surface area contributed by atoms with Gasteiger partial charge in [0.15, 0.2) is 0 Å². The van der Waals surface area contributed by atoms with Gasteiger partial charge in [0.2, 0.25) is 5.91 Å². The average Bonchev–Trinajstić information content (AvgIpc) is 3.59. The molecule has 0 aromatic rings. The minimum absolute atomic E-state index is 0.00877. The fourth-order valence-corrected chi connectivity index (χ4v) is 5.21. The predicted octanol–water partition coefficient (Wildman–Crippen LogP) is 2.92. The Labute approximate surface area is 226 Å². The number of epoxide rings is 1. The van der Waals surface area contributed by atoms with Gasteiger partial charge in [-0.3, -0.25) is 14.4 Å². The van der Waals surface area contributed by atoms with Gasteiger partial charge in [0.05, 0.1) is 49.2 Å². The van der Waals surface area contributed by atoms with Gasteiger partial charge in [-0.25, -0.2) is 0 Å². The SMILES string of the molecule is CC(=O)O[C@@H](C)/C=C\C(=O)N[C@@H]1C[C@H](C)[C@H](C/C=C(C)/C=C/[C@@H]2C[C@]3(CO3)C[C@@H](CC(=O)CN)O2)O[C@@H]1C. The summed E-state index contributed by atoms with van der Waals surface area (Å²) >= 11 is 0. The lowest BCUT2D eigenvalue weighted by atomic mass is 9.88. The molecular formula is C29H44N2O7. The molecule has 3 rings (SSSR count). The van der Waals surface area contributed by atoms with Crippen molar-refractivity contribution in [2.75, 3.05) is 13.2 Å². The van der Waals surface area contributed by atoms with Gasteiger partial charge < -0.3 is 30.0 Å². The summed E-state index contributed by atoms with van der Waals surface area (Å²) in [5.41, 5.74) is 6.45. The lowest BCUT2D eigenvalue weighted by Crippen LogP contribution is -2.50. The minimum Gasteiger partial charge on any atom is -0.459 e. The number of hydrogen-bond acceptors (Lipinski definition) is 8. The third kappa shape index (κ3) is 9.45. The average molecular weight is 533 g/mol. The van der Waals surface area contributed by atoms with E-state index in [0.717, 1.165) is 37.9 Å². The first-order valence-electron chi connectivity index (χ1n) is 13.7. The number of ketones is 1. The van der Waals surface area contributed by atoms with E-state index in [4.69, 9.17) is 24.7 Å². The molecule has 3 aliphatic rings. The van der Waals surface area contributed by atoms with Gasteiger partial charge in [-0.15, -0.1) is 0 Å². The van der Waals surface area contributed by atoms with E-state index < -0.39 is 6.10 Å². The van der Waals surface area contributed by atoms with Gasteiger partial charge in [-0.2, -0.15) is 0 Å².